The molecule has 106 valence electrons. The molecular formula is C14H17F4N. The number of anilines is 1. The first-order valence-corrected chi connectivity index (χ1v) is 6.49. The van der Waals surface area contributed by atoms with Gasteiger partial charge in [-0.2, -0.15) is 0 Å². The molecule has 0 amide bonds. The summed E-state index contributed by atoms with van der Waals surface area (Å²) in [5, 5.41) is 2.65. The Bertz CT molecular complexity index is 449. The van der Waals surface area contributed by atoms with Gasteiger partial charge in [-0.1, -0.05) is 20.3 Å². The van der Waals surface area contributed by atoms with Crippen LogP contribution in [0.4, 0.5) is 23.2 Å². The number of hydrogen-bond donors (Lipinski definition) is 1. The molecule has 0 spiro atoms. The summed E-state index contributed by atoms with van der Waals surface area (Å²) in [7, 11) is 0. The maximum absolute atomic E-state index is 13.6. The fraction of sp³-hybridized carbons (Fsp3) is 0.571. The molecule has 3 atom stereocenters. The van der Waals surface area contributed by atoms with Crippen molar-refractivity contribution in [1.29, 1.82) is 0 Å². The van der Waals surface area contributed by atoms with E-state index in [9.17, 15) is 17.6 Å². The summed E-state index contributed by atoms with van der Waals surface area (Å²) in [6.45, 7) is 4.02. The van der Waals surface area contributed by atoms with Gasteiger partial charge in [-0.25, -0.2) is 17.6 Å². The Balaban J connectivity index is 2.27. The summed E-state index contributed by atoms with van der Waals surface area (Å²) in [5.41, 5.74) is -0.691. The third kappa shape index (κ3) is 2.85. The molecule has 2 rings (SSSR count). The minimum Gasteiger partial charge on any atom is -0.377 e. The Labute approximate surface area is 110 Å². The fourth-order valence-corrected chi connectivity index (χ4v) is 2.62. The minimum atomic E-state index is -1.38. The maximum Gasteiger partial charge on any atom is 0.185 e. The van der Waals surface area contributed by atoms with Gasteiger partial charge < -0.3 is 5.32 Å². The molecule has 19 heavy (non-hydrogen) atoms. The Kier molecular flexibility index (Phi) is 4.02. The maximum atomic E-state index is 13.6. The van der Waals surface area contributed by atoms with Gasteiger partial charge in [-0.05, 0) is 24.7 Å². The topological polar surface area (TPSA) is 12.0 Å². The van der Waals surface area contributed by atoms with Crippen LogP contribution in [0.2, 0.25) is 0 Å². The quantitative estimate of drug-likeness (QED) is 0.620. The highest BCUT2D eigenvalue weighted by atomic mass is 19.2. The second-order valence-corrected chi connectivity index (χ2v) is 5.49. The van der Waals surface area contributed by atoms with Crippen molar-refractivity contribution >= 4 is 5.69 Å². The third-order valence-corrected chi connectivity index (χ3v) is 3.90. The molecule has 1 aliphatic carbocycles. The zero-order valence-corrected chi connectivity index (χ0v) is 10.9. The standard InChI is InChI=1S/C14H17F4N/c1-7-3-4-8(2)11(5-7)19-14-12(17)9(15)6-10(16)13(14)18/h6-8,11,19H,3-5H2,1-2H3. The average Bonchev–Trinajstić information content (AvgIpc) is 2.36. The molecule has 3 unspecified atom stereocenters. The predicted octanol–water partition coefficient (Wildman–Crippen LogP) is 4.48. The molecule has 0 aromatic heterocycles. The second kappa shape index (κ2) is 5.39. The van der Waals surface area contributed by atoms with Crippen LogP contribution in [-0.2, 0) is 0 Å². The zero-order chi connectivity index (χ0) is 14.2. The lowest BCUT2D eigenvalue weighted by Gasteiger charge is -2.34. The predicted molar refractivity (Wildman–Crippen MR) is 65.9 cm³/mol. The van der Waals surface area contributed by atoms with Crippen molar-refractivity contribution in [3.8, 4) is 0 Å². The van der Waals surface area contributed by atoms with Crippen LogP contribution < -0.4 is 5.32 Å². The van der Waals surface area contributed by atoms with E-state index in [-0.39, 0.29) is 18.0 Å². The van der Waals surface area contributed by atoms with E-state index in [1.807, 2.05) is 6.92 Å². The highest BCUT2D eigenvalue weighted by Gasteiger charge is 2.28. The van der Waals surface area contributed by atoms with Crippen LogP contribution >= 0.6 is 0 Å². The lowest BCUT2D eigenvalue weighted by molar-refractivity contribution is 0.279. The number of nitrogens with one attached hydrogen (secondary N) is 1. The van der Waals surface area contributed by atoms with Crippen LogP contribution in [0.3, 0.4) is 0 Å². The van der Waals surface area contributed by atoms with Gasteiger partial charge in [0.15, 0.2) is 23.3 Å². The van der Waals surface area contributed by atoms with Crippen molar-refractivity contribution in [1.82, 2.24) is 0 Å². The van der Waals surface area contributed by atoms with Gasteiger partial charge in [0.25, 0.3) is 0 Å². The highest BCUT2D eigenvalue weighted by molar-refractivity contribution is 5.48. The van der Waals surface area contributed by atoms with Crippen LogP contribution in [0.5, 0.6) is 0 Å². The van der Waals surface area contributed by atoms with Gasteiger partial charge in [0.05, 0.1) is 0 Å². The van der Waals surface area contributed by atoms with Crippen molar-refractivity contribution in [2.75, 3.05) is 5.32 Å². The van der Waals surface area contributed by atoms with Gasteiger partial charge in [-0.15, -0.1) is 0 Å². The van der Waals surface area contributed by atoms with Gasteiger partial charge >= 0.3 is 0 Å². The molecule has 0 radical (unpaired) electrons. The van der Waals surface area contributed by atoms with E-state index >= 15 is 0 Å². The molecule has 0 heterocycles. The smallest absolute Gasteiger partial charge is 0.185 e. The zero-order valence-electron chi connectivity index (χ0n) is 10.9. The molecule has 1 aromatic carbocycles. The fourth-order valence-electron chi connectivity index (χ4n) is 2.62. The van der Waals surface area contributed by atoms with Gasteiger partial charge in [0, 0.05) is 12.1 Å². The number of benzene rings is 1. The van der Waals surface area contributed by atoms with E-state index in [1.165, 1.54) is 0 Å². The van der Waals surface area contributed by atoms with E-state index in [0.717, 1.165) is 19.3 Å². The van der Waals surface area contributed by atoms with Crippen LogP contribution in [0.25, 0.3) is 0 Å². The van der Waals surface area contributed by atoms with Crippen LogP contribution in [0, 0.1) is 35.1 Å². The molecule has 1 N–H and O–H groups in total. The SMILES string of the molecule is CC1CCC(C)C(Nc2c(F)c(F)cc(F)c2F)C1. The Morgan fingerprint density at radius 1 is 1.00 bits per heavy atom. The molecular weight excluding hydrogens is 258 g/mol. The van der Waals surface area contributed by atoms with E-state index in [2.05, 4.69) is 12.2 Å². The Morgan fingerprint density at radius 2 is 1.58 bits per heavy atom. The van der Waals surface area contributed by atoms with Gasteiger partial charge in [0.1, 0.15) is 5.69 Å². The summed E-state index contributed by atoms with van der Waals surface area (Å²) in [4.78, 5) is 0. The lowest BCUT2D eigenvalue weighted by Crippen LogP contribution is -2.34. The first kappa shape index (κ1) is 14.2. The number of rotatable bonds is 2. The normalized spacial score (nSPS) is 27.4. The lowest BCUT2D eigenvalue weighted by atomic mass is 9.80. The number of halogens is 4. The second-order valence-electron chi connectivity index (χ2n) is 5.49. The van der Waals surface area contributed by atoms with Crippen molar-refractivity contribution in [2.24, 2.45) is 11.8 Å². The minimum absolute atomic E-state index is 0.172. The molecule has 1 aromatic rings. The van der Waals surface area contributed by atoms with Crippen LogP contribution in [0.15, 0.2) is 6.07 Å². The average molecular weight is 275 g/mol. The summed E-state index contributed by atoms with van der Waals surface area (Å²) >= 11 is 0. The van der Waals surface area contributed by atoms with E-state index < -0.39 is 29.0 Å². The third-order valence-electron chi connectivity index (χ3n) is 3.90. The van der Waals surface area contributed by atoms with E-state index in [0.29, 0.717) is 5.92 Å². The van der Waals surface area contributed by atoms with Gasteiger partial charge in [0.2, 0.25) is 0 Å². The molecule has 1 saturated carbocycles. The molecule has 1 nitrogen and oxygen atoms in total. The molecule has 0 aliphatic heterocycles. The molecule has 1 aliphatic rings. The van der Waals surface area contributed by atoms with E-state index in [4.69, 9.17) is 0 Å². The first-order chi connectivity index (χ1) is 8.90. The Morgan fingerprint density at radius 3 is 2.16 bits per heavy atom. The first-order valence-electron chi connectivity index (χ1n) is 6.49. The summed E-state index contributed by atoms with van der Waals surface area (Å²) in [6.07, 6.45) is 2.72. The molecule has 0 saturated heterocycles. The van der Waals surface area contributed by atoms with Crippen molar-refractivity contribution in [3.63, 3.8) is 0 Å². The van der Waals surface area contributed by atoms with Crippen molar-refractivity contribution in [3.05, 3.63) is 29.3 Å². The molecule has 0 bridgehead atoms. The van der Waals surface area contributed by atoms with E-state index in [1.54, 1.807) is 0 Å². The summed E-state index contributed by atoms with van der Waals surface area (Å²) in [6, 6.07) is 0.0527. The van der Waals surface area contributed by atoms with Crippen LogP contribution in [-0.4, -0.2) is 6.04 Å². The largest absolute Gasteiger partial charge is 0.377 e. The monoisotopic (exact) mass is 275 g/mol. The molecule has 5 heteroatoms. The Hall–Kier alpha value is -1.26. The number of hydrogen-bond acceptors (Lipinski definition) is 1. The van der Waals surface area contributed by atoms with Crippen molar-refractivity contribution < 1.29 is 17.6 Å². The highest BCUT2D eigenvalue weighted by Crippen LogP contribution is 2.33. The molecule has 1 fully saturated rings. The van der Waals surface area contributed by atoms with Crippen LogP contribution in [0.1, 0.15) is 33.1 Å². The van der Waals surface area contributed by atoms with Crippen molar-refractivity contribution in [2.45, 2.75) is 39.2 Å². The summed E-state index contributed by atoms with van der Waals surface area (Å²) < 4.78 is 53.4. The van der Waals surface area contributed by atoms with Gasteiger partial charge in [-0.3, -0.25) is 0 Å². The summed E-state index contributed by atoms with van der Waals surface area (Å²) in [5.74, 6) is -4.83.